The summed E-state index contributed by atoms with van der Waals surface area (Å²) in [5.41, 5.74) is -0.578. The first-order valence-electron chi connectivity index (χ1n) is 4.25. The monoisotopic (exact) mass is 239 g/mol. The van der Waals surface area contributed by atoms with Gasteiger partial charge in [0.05, 0.1) is 4.92 Å². The lowest BCUT2D eigenvalue weighted by Gasteiger charge is -2.05. The molecule has 0 spiro atoms. The Balaban J connectivity index is 2.85. The van der Waals surface area contributed by atoms with Gasteiger partial charge in [-0.05, 0) is 6.92 Å². The van der Waals surface area contributed by atoms with E-state index in [4.69, 9.17) is 0 Å². The third-order valence-electron chi connectivity index (χ3n) is 1.60. The van der Waals surface area contributed by atoms with Gasteiger partial charge >= 0.3 is 17.7 Å². The van der Waals surface area contributed by atoms with Crippen molar-refractivity contribution in [3.63, 3.8) is 0 Å². The summed E-state index contributed by atoms with van der Waals surface area (Å²) >= 11 is 0. The summed E-state index contributed by atoms with van der Waals surface area (Å²) in [6, 6.07) is 0. The molecule has 16 heavy (non-hydrogen) atoms. The van der Waals surface area contributed by atoms with Crippen LogP contribution in [-0.4, -0.2) is 27.5 Å². The van der Waals surface area contributed by atoms with Crippen LogP contribution in [0, 0.1) is 10.1 Å². The van der Waals surface area contributed by atoms with E-state index in [1.165, 1.54) is 0 Å². The maximum absolute atomic E-state index is 11.8. The average molecular weight is 239 g/mol. The van der Waals surface area contributed by atoms with Crippen LogP contribution in [0.4, 0.5) is 18.9 Å². The normalized spacial score (nSPS) is 11.5. The van der Waals surface area contributed by atoms with Crippen LogP contribution in [0.3, 0.4) is 0 Å². The van der Waals surface area contributed by atoms with Crippen LogP contribution >= 0.6 is 0 Å². The first kappa shape index (κ1) is 12.3. The molecule has 0 saturated heterocycles. The Morgan fingerprint density at radius 1 is 1.62 bits per heavy atom. The van der Waals surface area contributed by atoms with Crippen molar-refractivity contribution in [2.24, 2.45) is 0 Å². The minimum atomic E-state index is -4.55. The van der Waals surface area contributed by atoms with Crippen molar-refractivity contribution < 1.29 is 22.8 Å². The summed E-state index contributed by atoms with van der Waals surface area (Å²) in [4.78, 5) is 9.62. The van der Waals surface area contributed by atoms with E-state index < -0.39 is 29.3 Å². The molecule has 0 atom stereocenters. The van der Waals surface area contributed by atoms with Gasteiger partial charge in [0.15, 0.2) is 6.61 Å². The highest BCUT2D eigenvalue weighted by Crippen LogP contribution is 2.26. The van der Waals surface area contributed by atoms with Crippen LogP contribution < -0.4 is 4.74 Å². The van der Waals surface area contributed by atoms with Crippen molar-refractivity contribution in [3.8, 4) is 5.88 Å². The molecular weight excluding hydrogens is 231 g/mol. The lowest BCUT2D eigenvalue weighted by molar-refractivity contribution is -0.386. The second-order valence-electron chi connectivity index (χ2n) is 2.84. The van der Waals surface area contributed by atoms with Crippen molar-refractivity contribution in [3.05, 3.63) is 16.3 Å². The lowest BCUT2D eigenvalue weighted by Crippen LogP contribution is -2.19. The Hall–Kier alpha value is -1.80. The predicted octanol–water partition coefficient (Wildman–Crippen LogP) is 1.75. The Morgan fingerprint density at radius 3 is 2.69 bits per heavy atom. The van der Waals surface area contributed by atoms with Gasteiger partial charge in [0.25, 0.3) is 0 Å². The first-order valence-corrected chi connectivity index (χ1v) is 4.25. The fourth-order valence-electron chi connectivity index (χ4n) is 0.933. The molecule has 0 amide bonds. The van der Waals surface area contributed by atoms with E-state index in [2.05, 4.69) is 9.84 Å². The SMILES string of the molecule is CCn1cc([N+](=O)[O-])c(OCC(F)(F)F)n1. The molecule has 0 N–H and O–H groups in total. The van der Waals surface area contributed by atoms with Crippen molar-refractivity contribution in [2.75, 3.05) is 6.61 Å². The molecule has 0 aliphatic heterocycles. The quantitative estimate of drug-likeness (QED) is 0.592. The van der Waals surface area contributed by atoms with Gasteiger partial charge in [-0.1, -0.05) is 0 Å². The van der Waals surface area contributed by atoms with Crippen LogP contribution in [0.25, 0.3) is 0 Å². The van der Waals surface area contributed by atoms with Crippen molar-refractivity contribution in [2.45, 2.75) is 19.6 Å². The van der Waals surface area contributed by atoms with E-state index in [0.29, 0.717) is 6.54 Å². The van der Waals surface area contributed by atoms with E-state index in [1.54, 1.807) is 6.92 Å². The minimum absolute atomic E-state index is 0.302. The molecule has 0 aliphatic rings. The van der Waals surface area contributed by atoms with Crippen LogP contribution in [0.2, 0.25) is 0 Å². The molecular formula is C7H8F3N3O3. The molecule has 0 unspecified atom stereocenters. The highest BCUT2D eigenvalue weighted by Gasteiger charge is 2.31. The summed E-state index contributed by atoms with van der Waals surface area (Å²) in [6.07, 6.45) is -3.53. The van der Waals surface area contributed by atoms with E-state index in [9.17, 15) is 23.3 Å². The van der Waals surface area contributed by atoms with Gasteiger partial charge in [-0.15, -0.1) is 5.10 Å². The van der Waals surface area contributed by atoms with Crippen LogP contribution in [0.1, 0.15) is 6.92 Å². The second-order valence-corrected chi connectivity index (χ2v) is 2.84. The maximum Gasteiger partial charge on any atom is 0.422 e. The molecule has 0 fully saturated rings. The van der Waals surface area contributed by atoms with E-state index in [-0.39, 0.29) is 0 Å². The Morgan fingerprint density at radius 2 is 2.25 bits per heavy atom. The molecule has 0 radical (unpaired) electrons. The summed E-state index contributed by atoms with van der Waals surface area (Å²) < 4.78 is 40.9. The molecule has 0 bridgehead atoms. The summed E-state index contributed by atoms with van der Waals surface area (Å²) in [5, 5.41) is 14.0. The van der Waals surface area contributed by atoms with Gasteiger partial charge in [0, 0.05) is 6.54 Å². The standard InChI is InChI=1S/C7H8F3N3O3/c1-2-12-3-5(13(14)15)6(11-12)16-4-7(8,9)10/h3H,2,4H2,1H3. The summed E-state index contributed by atoms with van der Waals surface area (Å²) in [6.45, 7) is 0.342. The molecule has 6 nitrogen and oxygen atoms in total. The number of halogens is 3. The Kier molecular flexibility index (Phi) is 3.35. The minimum Gasteiger partial charge on any atom is -0.462 e. The molecule has 1 aromatic heterocycles. The second kappa shape index (κ2) is 4.37. The van der Waals surface area contributed by atoms with Gasteiger partial charge in [-0.2, -0.15) is 13.2 Å². The third kappa shape index (κ3) is 3.11. The summed E-state index contributed by atoms with van der Waals surface area (Å²) in [7, 11) is 0. The number of hydrogen-bond acceptors (Lipinski definition) is 4. The number of aromatic nitrogens is 2. The number of rotatable bonds is 4. The summed E-state index contributed by atoms with van der Waals surface area (Å²) in [5.74, 6) is -0.621. The number of aryl methyl sites for hydroxylation is 1. The zero-order valence-electron chi connectivity index (χ0n) is 8.19. The fourth-order valence-corrected chi connectivity index (χ4v) is 0.933. The Bertz CT molecular complexity index is 388. The van der Waals surface area contributed by atoms with E-state index in [1.807, 2.05) is 0 Å². The predicted molar refractivity (Wildman–Crippen MR) is 46.1 cm³/mol. The molecule has 1 rings (SSSR count). The number of nitrogens with zero attached hydrogens (tertiary/aromatic N) is 3. The molecule has 90 valence electrons. The van der Waals surface area contributed by atoms with E-state index in [0.717, 1.165) is 10.9 Å². The number of alkyl halides is 3. The van der Waals surface area contributed by atoms with Gasteiger partial charge in [0.2, 0.25) is 0 Å². The third-order valence-corrected chi connectivity index (χ3v) is 1.60. The first-order chi connectivity index (χ1) is 7.33. The molecule has 1 heterocycles. The number of hydrogen-bond donors (Lipinski definition) is 0. The van der Waals surface area contributed by atoms with Crippen molar-refractivity contribution >= 4 is 5.69 Å². The highest BCUT2D eigenvalue weighted by atomic mass is 19.4. The van der Waals surface area contributed by atoms with Crippen LogP contribution in [0.15, 0.2) is 6.20 Å². The van der Waals surface area contributed by atoms with Crippen molar-refractivity contribution in [1.82, 2.24) is 9.78 Å². The Labute approximate surface area is 87.8 Å². The largest absolute Gasteiger partial charge is 0.462 e. The van der Waals surface area contributed by atoms with Gasteiger partial charge < -0.3 is 4.74 Å². The molecule has 0 aliphatic carbocycles. The van der Waals surface area contributed by atoms with E-state index >= 15 is 0 Å². The number of ether oxygens (including phenoxy) is 1. The topological polar surface area (TPSA) is 70.2 Å². The average Bonchev–Trinajstić information content (AvgIpc) is 2.56. The van der Waals surface area contributed by atoms with Gasteiger partial charge in [-0.25, -0.2) is 0 Å². The van der Waals surface area contributed by atoms with Crippen molar-refractivity contribution in [1.29, 1.82) is 0 Å². The molecule has 0 aromatic carbocycles. The molecule has 9 heteroatoms. The fraction of sp³-hybridized carbons (Fsp3) is 0.571. The maximum atomic E-state index is 11.8. The number of nitro groups is 1. The van der Waals surface area contributed by atoms with Gasteiger partial charge in [-0.3, -0.25) is 14.8 Å². The smallest absolute Gasteiger partial charge is 0.422 e. The zero-order chi connectivity index (χ0) is 12.3. The highest BCUT2D eigenvalue weighted by molar-refractivity contribution is 5.38. The molecule has 0 saturated carbocycles. The molecule has 1 aromatic rings. The van der Waals surface area contributed by atoms with Crippen LogP contribution in [0.5, 0.6) is 5.88 Å². The van der Waals surface area contributed by atoms with Crippen LogP contribution in [-0.2, 0) is 6.54 Å². The van der Waals surface area contributed by atoms with Gasteiger partial charge in [0.1, 0.15) is 6.20 Å². The zero-order valence-corrected chi connectivity index (χ0v) is 8.19. The lowest BCUT2D eigenvalue weighted by atomic mass is 10.5.